The Morgan fingerprint density at radius 2 is 2.17 bits per heavy atom. The highest BCUT2D eigenvalue weighted by Gasteiger charge is 2.14. The van der Waals surface area contributed by atoms with Crippen LogP contribution in [-0.4, -0.2) is 19.3 Å². The Labute approximate surface area is 108 Å². The number of nitrogens with zero attached hydrogens (tertiary/aromatic N) is 4. The van der Waals surface area contributed by atoms with Gasteiger partial charge < -0.3 is 10.3 Å². The molecular weight excluding hydrogens is 226 g/mol. The minimum atomic E-state index is 0.0423. The van der Waals surface area contributed by atoms with Crippen LogP contribution in [0.15, 0.2) is 24.8 Å². The summed E-state index contributed by atoms with van der Waals surface area (Å²) >= 11 is 0. The zero-order chi connectivity index (χ0) is 13.1. The molecule has 0 saturated heterocycles. The molecule has 18 heavy (non-hydrogen) atoms. The van der Waals surface area contributed by atoms with Crippen LogP contribution in [0.5, 0.6) is 0 Å². The molecule has 0 aliphatic rings. The molecule has 0 saturated carbocycles. The molecule has 0 radical (unpaired) electrons. The molecule has 2 rings (SSSR count). The lowest BCUT2D eigenvalue weighted by molar-refractivity contribution is 0.486. The molecular formula is C13H21N5. The van der Waals surface area contributed by atoms with Crippen molar-refractivity contribution in [2.45, 2.75) is 32.9 Å². The highest BCUT2D eigenvalue weighted by atomic mass is 15.3. The first-order valence-corrected chi connectivity index (χ1v) is 6.30. The third-order valence-corrected chi connectivity index (χ3v) is 3.10. The van der Waals surface area contributed by atoms with Crippen molar-refractivity contribution in [1.82, 2.24) is 19.3 Å². The first-order chi connectivity index (χ1) is 8.58. The maximum atomic E-state index is 6.22. The average Bonchev–Trinajstić information content (AvgIpc) is 2.88. The van der Waals surface area contributed by atoms with Crippen LogP contribution in [0.3, 0.4) is 0 Å². The molecule has 0 aliphatic carbocycles. The summed E-state index contributed by atoms with van der Waals surface area (Å²) in [6.07, 6.45) is 6.48. The van der Waals surface area contributed by atoms with Gasteiger partial charge in [-0.2, -0.15) is 5.10 Å². The zero-order valence-electron chi connectivity index (χ0n) is 11.2. The summed E-state index contributed by atoms with van der Waals surface area (Å²) in [5.74, 6) is 0.583. The largest absolute Gasteiger partial charge is 0.327 e. The van der Waals surface area contributed by atoms with Gasteiger partial charge in [0.1, 0.15) is 0 Å². The van der Waals surface area contributed by atoms with E-state index in [2.05, 4.69) is 28.5 Å². The van der Waals surface area contributed by atoms with E-state index in [1.54, 1.807) is 6.20 Å². The van der Waals surface area contributed by atoms with Crippen molar-refractivity contribution in [1.29, 1.82) is 0 Å². The molecule has 5 nitrogen and oxygen atoms in total. The minimum absolute atomic E-state index is 0.0423. The van der Waals surface area contributed by atoms with E-state index in [4.69, 9.17) is 5.73 Å². The quantitative estimate of drug-likeness (QED) is 0.875. The molecule has 0 spiro atoms. The summed E-state index contributed by atoms with van der Waals surface area (Å²) in [6.45, 7) is 5.13. The van der Waals surface area contributed by atoms with E-state index >= 15 is 0 Å². The van der Waals surface area contributed by atoms with Gasteiger partial charge in [0.15, 0.2) is 0 Å². The molecule has 0 amide bonds. The molecule has 0 aromatic carbocycles. The van der Waals surface area contributed by atoms with Crippen LogP contribution in [0.2, 0.25) is 0 Å². The van der Waals surface area contributed by atoms with Crippen molar-refractivity contribution >= 4 is 0 Å². The second-order valence-electron chi connectivity index (χ2n) is 5.13. The molecule has 0 aliphatic heterocycles. The van der Waals surface area contributed by atoms with Crippen LogP contribution in [-0.2, 0) is 13.6 Å². The summed E-state index contributed by atoms with van der Waals surface area (Å²) in [5, 5.41) is 4.17. The fraction of sp³-hybridized carbons (Fsp3) is 0.538. The molecule has 1 atom stereocenters. The van der Waals surface area contributed by atoms with E-state index in [9.17, 15) is 0 Å². The van der Waals surface area contributed by atoms with E-state index in [0.717, 1.165) is 24.4 Å². The molecule has 98 valence electrons. The molecule has 2 aromatic rings. The molecule has 2 aromatic heterocycles. The first-order valence-electron chi connectivity index (χ1n) is 6.30. The van der Waals surface area contributed by atoms with Gasteiger partial charge in [-0.25, -0.2) is 4.98 Å². The Hall–Kier alpha value is -1.62. The molecule has 0 bridgehead atoms. The Morgan fingerprint density at radius 1 is 1.39 bits per heavy atom. The van der Waals surface area contributed by atoms with Crippen LogP contribution >= 0.6 is 0 Å². The van der Waals surface area contributed by atoms with Gasteiger partial charge >= 0.3 is 0 Å². The molecule has 2 N–H and O–H groups in total. The van der Waals surface area contributed by atoms with Crippen LogP contribution in [0.25, 0.3) is 0 Å². The topological polar surface area (TPSA) is 61.7 Å². The van der Waals surface area contributed by atoms with Gasteiger partial charge in [-0.3, -0.25) is 4.68 Å². The third kappa shape index (κ3) is 2.79. The van der Waals surface area contributed by atoms with Gasteiger partial charge in [0, 0.05) is 25.5 Å². The van der Waals surface area contributed by atoms with Crippen molar-refractivity contribution in [3.05, 3.63) is 36.2 Å². The Morgan fingerprint density at radius 3 is 2.78 bits per heavy atom. The zero-order valence-corrected chi connectivity index (χ0v) is 11.2. The van der Waals surface area contributed by atoms with E-state index in [-0.39, 0.29) is 6.04 Å². The standard InChI is InChI=1S/C13H21N5/c1-10(2)6-12(14)13-7-15-9-18(13)8-11-4-5-16-17(11)3/h4-5,7,9-10,12H,6,8,14H2,1-3H3. The predicted molar refractivity (Wildman–Crippen MR) is 70.9 cm³/mol. The lowest BCUT2D eigenvalue weighted by Crippen LogP contribution is -2.18. The van der Waals surface area contributed by atoms with Gasteiger partial charge in [0.05, 0.1) is 24.3 Å². The SMILES string of the molecule is CC(C)CC(N)c1cncn1Cc1ccnn1C. The molecule has 5 heteroatoms. The number of aryl methyl sites for hydroxylation is 1. The summed E-state index contributed by atoms with van der Waals surface area (Å²) in [5.41, 5.74) is 8.46. The van der Waals surface area contributed by atoms with Crippen LogP contribution in [0, 0.1) is 5.92 Å². The number of aromatic nitrogens is 4. The normalized spacial score (nSPS) is 13.2. The monoisotopic (exact) mass is 247 g/mol. The summed E-state index contributed by atoms with van der Waals surface area (Å²) in [4.78, 5) is 4.21. The maximum Gasteiger partial charge on any atom is 0.0952 e. The average molecular weight is 247 g/mol. The smallest absolute Gasteiger partial charge is 0.0952 e. The fourth-order valence-corrected chi connectivity index (χ4v) is 2.13. The fourth-order valence-electron chi connectivity index (χ4n) is 2.13. The Bertz CT molecular complexity index is 497. The van der Waals surface area contributed by atoms with E-state index < -0.39 is 0 Å². The number of hydrogen-bond acceptors (Lipinski definition) is 3. The number of nitrogens with two attached hydrogens (primary N) is 1. The molecule has 1 unspecified atom stereocenters. The molecule has 2 heterocycles. The van der Waals surface area contributed by atoms with Crippen molar-refractivity contribution < 1.29 is 0 Å². The van der Waals surface area contributed by atoms with E-state index in [1.165, 1.54) is 0 Å². The van der Waals surface area contributed by atoms with Gasteiger partial charge in [0.2, 0.25) is 0 Å². The highest BCUT2D eigenvalue weighted by Crippen LogP contribution is 2.19. The highest BCUT2D eigenvalue weighted by molar-refractivity contribution is 5.09. The van der Waals surface area contributed by atoms with Crippen molar-refractivity contribution in [3.63, 3.8) is 0 Å². The lowest BCUT2D eigenvalue weighted by Gasteiger charge is -2.16. The van der Waals surface area contributed by atoms with Gasteiger partial charge in [-0.1, -0.05) is 13.8 Å². The van der Waals surface area contributed by atoms with Crippen molar-refractivity contribution in [2.24, 2.45) is 18.7 Å². The predicted octanol–water partition coefficient (Wildman–Crippen LogP) is 1.71. The lowest BCUT2D eigenvalue weighted by atomic mass is 10.0. The van der Waals surface area contributed by atoms with Crippen LogP contribution in [0.1, 0.15) is 37.7 Å². The number of imidazole rings is 1. The molecule has 0 fully saturated rings. The van der Waals surface area contributed by atoms with E-state index in [0.29, 0.717) is 5.92 Å². The van der Waals surface area contributed by atoms with Crippen molar-refractivity contribution in [3.8, 4) is 0 Å². The number of rotatable bonds is 5. The van der Waals surface area contributed by atoms with Crippen LogP contribution < -0.4 is 5.73 Å². The van der Waals surface area contributed by atoms with Gasteiger partial charge in [-0.05, 0) is 18.4 Å². The first kappa shape index (κ1) is 12.8. The Kier molecular flexibility index (Phi) is 3.81. The van der Waals surface area contributed by atoms with Crippen LogP contribution in [0.4, 0.5) is 0 Å². The second kappa shape index (κ2) is 5.35. The summed E-state index contributed by atoms with van der Waals surface area (Å²) < 4.78 is 3.97. The second-order valence-corrected chi connectivity index (χ2v) is 5.13. The minimum Gasteiger partial charge on any atom is -0.327 e. The summed E-state index contributed by atoms with van der Waals surface area (Å²) in [6, 6.07) is 2.05. The summed E-state index contributed by atoms with van der Waals surface area (Å²) in [7, 11) is 1.94. The maximum absolute atomic E-state index is 6.22. The van der Waals surface area contributed by atoms with Gasteiger partial charge in [-0.15, -0.1) is 0 Å². The van der Waals surface area contributed by atoms with Gasteiger partial charge in [0.25, 0.3) is 0 Å². The third-order valence-electron chi connectivity index (χ3n) is 3.10. The number of hydrogen-bond donors (Lipinski definition) is 1. The van der Waals surface area contributed by atoms with Crippen molar-refractivity contribution in [2.75, 3.05) is 0 Å². The van der Waals surface area contributed by atoms with E-state index in [1.807, 2.05) is 30.3 Å². The Balaban J connectivity index is 2.15.